The number of nitrogens with zero attached hydrogens (tertiary/aromatic N) is 3. The average molecular weight is 398 g/mol. The molecule has 0 aromatic heterocycles. The molecule has 0 radical (unpaired) electrons. The van der Waals surface area contributed by atoms with Crippen molar-refractivity contribution in [3.8, 4) is 6.07 Å². The van der Waals surface area contributed by atoms with Crippen LogP contribution in [0.25, 0.3) is 0 Å². The van der Waals surface area contributed by atoms with Crippen LogP contribution in [0.4, 0.5) is 0 Å². The van der Waals surface area contributed by atoms with Crippen molar-refractivity contribution in [2.75, 3.05) is 26.2 Å². The van der Waals surface area contributed by atoms with Crippen LogP contribution in [-0.4, -0.2) is 60.0 Å². The molecule has 0 aliphatic carbocycles. The van der Waals surface area contributed by atoms with Gasteiger partial charge < -0.3 is 16.0 Å². The van der Waals surface area contributed by atoms with Crippen molar-refractivity contribution in [3.05, 3.63) is 35.9 Å². The van der Waals surface area contributed by atoms with Gasteiger partial charge in [-0.2, -0.15) is 5.26 Å². The first kappa shape index (κ1) is 21.8. The van der Waals surface area contributed by atoms with E-state index in [0.29, 0.717) is 19.0 Å². The molecule has 2 aliphatic rings. The lowest BCUT2D eigenvalue weighted by Gasteiger charge is -2.33. The summed E-state index contributed by atoms with van der Waals surface area (Å²) >= 11 is 0. The Labute approximate surface area is 175 Å². The first-order valence-electron chi connectivity index (χ1n) is 11.1. The van der Waals surface area contributed by atoms with Crippen molar-refractivity contribution < 1.29 is 4.79 Å². The second-order valence-electron chi connectivity index (χ2n) is 8.41. The van der Waals surface area contributed by atoms with Gasteiger partial charge in [0.1, 0.15) is 6.04 Å². The minimum Gasteiger partial charge on any atom is -0.325 e. The summed E-state index contributed by atoms with van der Waals surface area (Å²) in [6.45, 7) is 4.84. The average Bonchev–Trinajstić information content (AvgIpc) is 2.77. The Hall–Kier alpha value is -1.94. The quantitative estimate of drug-likeness (QED) is 0.657. The third-order valence-corrected chi connectivity index (χ3v) is 6.21. The molecule has 2 fully saturated rings. The summed E-state index contributed by atoms with van der Waals surface area (Å²) in [5.41, 5.74) is 7.52. The summed E-state index contributed by atoms with van der Waals surface area (Å²) < 4.78 is 0. The van der Waals surface area contributed by atoms with E-state index < -0.39 is 6.04 Å². The van der Waals surface area contributed by atoms with E-state index in [4.69, 9.17) is 5.73 Å². The molecule has 2 heterocycles. The Morgan fingerprint density at radius 2 is 1.93 bits per heavy atom. The first-order chi connectivity index (χ1) is 14.2. The molecule has 158 valence electrons. The summed E-state index contributed by atoms with van der Waals surface area (Å²) in [6.07, 6.45) is 6.66. The lowest BCUT2D eigenvalue weighted by atomic mass is 10.0. The number of carbonyl (C=O) groups excluding carboxylic acids is 1. The number of hydrogen-bond acceptors (Lipinski definition) is 5. The summed E-state index contributed by atoms with van der Waals surface area (Å²) in [5.74, 6) is -0.0505. The number of nitrogens with one attached hydrogen (secondary N) is 1. The fourth-order valence-electron chi connectivity index (χ4n) is 4.43. The number of nitriles is 1. The standard InChI is InChI=1S/C23H35N5O/c24-17-21-9-4-5-14-28(21)23(29)22(25)10-6-13-26-20-11-15-27(16-12-20)18-19-7-2-1-3-8-19/h1-3,7-8,20-22,26H,4-6,9-16,18,25H2. The number of rotatable bonds is 8. The highest BCUT2D eigenvalue weighted by molar-refractivity contribution is 5.82. The van der Waals surface area contributed by atoms with Crippen LogP contribution in [0.2, 0.25) is 0 Å². The fraction of sp³-hybridized carbons (Fsp3) is 0.652. The predicted octanol–water partition coefficient (Wildman–Crippen LogP) is 2.25. The SMILES string of the molecule is N#CC1CCCCN1C(=O)C(N)CCCNC1CCN(Cc2ccccc2)CC1. The molecule has 6 nitrogen and oxygen atoms in total. The van der Waals surface area contributed by atoms with E-state index in [2.05, 4.69) is 46.6 Å². The van der Waals surface area contributed by atoms with E-state index in [9.17, 15) is 10.1 Å². The molecule has 2 unspecified atom stereocenters. The van der Waals surface area contributed by atoms with Crippen molar-refractivity contribution in [1.82, 2.24) is 15.1 Å². The maximum Gasteiger partial charge on any atom is 0.240 e. The Morgan fingerprint density at radius 3 is 2.66 bits per heavy atom. The molecule has 1 amide bonds. The third kappa shape index (κ3) is 6.53. The van der Waals surface area contributed by atoms with Crippen molar-refractivity contribution in [2.24, 2.45) is 5.73 Å². The van der Waals surface area contributed by atoms with Crippen molar-refractivity contribution in [2.45, 2.75) is 69.6 Å². The van der Waals surface area contributed by atoms with Crippen LogP contribution in [0.5, 0.6) is 0 Å². The molecule has 6 heteroatoms. The number of piperidine rings is 2. The Kier molecular flexibility index (Phi) is 8.48. The molecule has 1 aromatic rings. The second kappa shape index (κ2) is 11.3. The van der Waals surface area contributed by atoms with Gasteiger partial charge in [-0.25, -0.2) is 0 Å². The van der Waals surface area contributed by atoms with Crippen molar-refractivity contribution >= 4 is 5.91 Å². The molecule has 2 atom stereocenters. The Morgan fingerprint density at radius 1 is 1.17 bits per heavy atom. The third-order valence-electron chi connectivity index (χ3n) is 6.21. The maximum atomic E-state index is 12.6. The van der Waals surface area contributed by atoms with Gasteiger partial charge in [-0.1, -0.05) is 30.3 Å². The zero-order valence-corrected chi connectivity index (χ0v) is 17.4. The molecular formula is C23H35N5O. The van der Waals surface area contributed by atoms with Gasteiger partial charge in [0.2, 0.25) is 5.91 Å². The van der Waals surface area contributed by atoms with E-state index in [-0.39, 0.29) is 11.9 Å². The van der Waals surface area contributed by atoms with Crippen LogP contribution in [0.3, 0.4) is 0 Å². The molecule has 3 rings (SSSR count). The molecular weight excluding hydrogens is 362 g/mol. The summed E-state index contributed by atoms with van der Waals surface area (Å²) in [7, 11) is 0. The maximum absolute atomic E-state index is 12.6. The van der Waals surface area contributed by atoms with Crippen LogP contribution >= 0.6 is 0 Å². The van der Waals surface area contributed by atoms with Gasteiger partial charge >= 0.3 is 0 Å². The molecule has 29 heavy (non-hydrogen) atoms. The smallest absolute Gasteiger partial charge is 0.240 e. The largest absolute Gasteiger partial charge is 0.325 e. The summed E-state index contributed by atoms with van der Waals surface area (Å²) in [5, 5.41) is 12.9. The van der Waals surface area contributed by atoms with Gasteiger partial charge in [-0.05, 0) is 70.1 Å². The number of carbonyl (C=O) groups is 1. The van der Waals surface area contributed by atoms with Crippen LogP contribution in [0, 0.1) is 11.3 Å². The number of benzene rings is 1. The van der Waals surface area contributed by atoms with Crippen molar-refractivity contribution in [3.63, 3.8) is 0 Å². The Balaban J connectivity index is 1.30. The number of likely N-dealkylation sites (tertiary alicyclic amines) is 2. The van der Waals surface area contributed by atoms with E-state index >= 15 is 0 Å². The number of hydrogen-bond donors (Lipinski definition) is 2. The molecule has 0 bridgehead atoms. The molecule has 0 spiro atoms. The van der Waals surface area contributed by atoms with Gasteiger partial charge in [0.25, 0.3) is 0 Å². The molecule has 3 N–H and O–H groups in total. The zero-order chi connectivity index (χ0) is 20.5. The van der Waals surface area contributed by atoms with Gasteiger partial charge in [-0.15, -0.1) is 0 Å². The fourth-order valence-corrected chi connectivity index (χ4v) is 4.43. The predicted molar refractivity (Wildman–Crippen MR) is 115 cm³/mol. The lowest BCUT2D eigenvalue weighted by molar-refractivity contribution is -0.135. The highest BCUT2D eigenvalue weighted by atomic mass is 16.2. The van der Waals surface area contributed by atoms with Crippen molar-refractivity contribution in [1.29, 1.82) is 5.26 Å². The molecule has 2 aliphatic heterocycles. The number of amides is 1. The Bertz CT molecular complexity index is 666. The van der Waals surface area contributed by atoms with E-state index in [1.807, 2.05) is 0 Å². The number of nitrogens with two attached hydrogens (primary N) is 1. The van der Waals surface area contributed by atoms with Gasteiger partial charge in [0.15, 0.2) is 0 Å². The zero-order valence-electron chi connectivity index (χ0n) is 17.4. The first-order valence-corrected chi connectivity index (χ1v) is 11.1. The van der Waals surface area contributed by atoms with Gasteiger partial charge in [0, 0.05) is 19.1 Å². The second-order valence-corrected chi connectivity index (χ2v) is 8.41. The van der Waals surface area contributed by atoms with Crippen LogP contribution < -0.4 is 11.1 Å². The highest BCUT2D eigenvalue weighted by Crippen LogP contribution is 2.18. The van der Waals surface area contributed by atoms with Gasteiger partial charge in [0.05, 0.1) is 12.1 Å². The summed E-state index contributed by atoms with van der Waals surface area (Å²) in [4.78, 5) is 16.8. The topological polar surface area (TPSA) is 85.4 Å². The minimum atomic E-state index is -0.488. The van der Waals surface area contributed by atoms with E-state index in [1.54, 1.807) is 4.90 Å². The van der Waals surface area contributed by atoms with E-state index in [0.717, 1.165) is 64.7 Å². The lowest BCUT2D eigenvalue weighted by Crippen LogP contribution is -2.50. The molecule has 2 saturated heterocycles. The monoisotopic (exact) mass is 397 g/mol. The van der Waals surface area contributed by atoms with Crippen LogP contribution in [0.15, 0.2) is 30.3 Å². The van der Waals surface area contributed by atoms with Crippen LogP contribution in [0.1, 0.15) is 50.5 Å². The highest BCUT2D eigenvalue weighted by Gasteiger charge is 2.29. The molecule has 0 saturated carbocycles. The minimum absolute atomic E-state index is 0.0505. The normalized spacial score (nSPS) is 22.2. The van der Waals surface area contributed by atoms with E-state index in [1.165, 1.54) is 5.56 Å². The van der Waals surface area contributed by atoms with Gasteiger partial charge in [-0.3, -0.25) is 9.69 Å². The van der Waals surface area contributed by atoms with Crippen LogP contribution in [-0.2, 0) is 11.3 Å². The molecule has 1 aromatic carbocycles. The summed E-state index contributed by atoms with van der Waals surface area (Å²) in [6, 6.07) is 12.7.